The van der Waals surface area contributed by atoms with Crippen molar-refractivity contribution in [2.45, 2.75) is 6.54 Å². The van der Waals surface area contributed by atoms with Gasteiger partial charge in [-0.25, -0.2) is 0 Å². The third-order valence-electron chi connectivity index (χ3n) is 2.85. The molecular formula is C15H16N2O5. The molecule has 0 saturated heterocycles. The van der Waals surface area contributed by atoms with Gasteiger partial charge in [-0.1, -0.05) is 0 Å². The molecule has 22 heavy (non-hydrogen) atoms. The van der Waals surface area contributed by atoms with Crippen LogP contribution in [0.4, 0.5) is 0 Å². The van der Waals surface area contributed by atoms with E-state index in [0.717, 1.165) is 0 Å². The Morgan fingerprint density at radius 3 is 2.77 bits per heavy atom. The van der Waals surface area contributed by atoms with Gasteiger partial charge in [0.05, 0.1) is 25.5 Å². The Balaban J connectivity index is 1.94. The molecule has 0 saturated carbocycles. The zero-order chi connectivity index (χ0) is 15.9. The number of nitrogens with two attached hydrogens (primary N) is 1. The number of amides is 2. The lowest BCUT2D eigenvalue weighted by atomic mass is 10.2. The molecule has 0 radical (unpaired) electrons. The zero-order valence-electron chi connectivity index (χ0n) is 12.0. The second kappa shape index (κ2) is 7.16. The lowest BCUT2D eigenvalue weighted by Gasteiger charge is -2.11. The summed E-state index contributed by atoms with van der Waals surface area (Å²) in [7, 11) is 1.49. The molecule has 0 spiro atoms. The summed E-state index contributed by atoms with van der Waals surface area (Å²) in [6.45, 7) is 0.00410. The fraction of sp³-hybridized carbons (Fsp3) is 0.200. The van der Waals surface area contributed by atoms with Gasteiger partial charge in [0.1, 0.15) is 17.3 Å². The molecule has 0 atom stereocenters. The Kier molecular flexibility index (Phi) is 5.02. The van der Waals surface area contributed by atoms with Gasteiger partial charge in [-0.05, 0) is 24.3 Å². The lowest BCUT2D eigenvalue weighted by Crippen LogP contribution is -2.28. The molecule has 7 heteroatoms. The number of carbonyl (C=O) groups excluding carboxylic acids is 2. The maximum absolute atomic E-state index is 11.7. The first-order valence-corrected chi connectivity index (χ1v) is 6.50. The number of benzene rings is 1. The predicted octanol–water partition coefficient (Wildman–Crippen LogP) is 1.08. The Hall–Kier alpha value is -2.96. The van der Waals surface area contributed by atoms with E-state index in [9.17, 15) is 9.59 Å². The summed E-state index contributed by atoms with van der Waals surface area (Å²) in [5.41, 5.74) is 5.44. The number of carbonyl (C=O) groups is 2. The molecule has 7 nitrogen and oxygen atoms in total. The van der Waals surface area contributed by atoms with Gasteiger partial charge in [0, 0.05) is 6.07 Å². The Bertz CT molecular complexity index is 652. The van der Waals surface area contributed by atoms with Gasteiger partial charge in [0.25, 0.3) is 11.8 Å². The van der Waals surface area contributed by atoms with E-state index >= 15 is 0 Å². The van der Waals surface area contributed by atoms with Gasteiger partial charge >= 0.3 is 0 Å². The number of primary amides is 1. The molecule has 0 unspecified atom stereocenters. The van der Waals surface area contributed by atoms with Crippen molar-refractivity contribution in [3.63, 3.8) is 0 Å². The fourth-order valence-electron chi connectivity index (χ4n) is 1.75. The summed E-state index contributed by atoms with van der Waals surface area (Å²) < 4.78 is 15.5. The molecular weight excluding hydrogens is 288 g/mol. The smallest absolute Gasteiger partial charge is 0.258 e. The first-order chi connectivity index (χ1) is 10.6. The number of rotatable bonds is 7. The molecule has 0 aliphatic heterocycles. The molecule has 2 aromatic rings. The van der Waals surface area contributed by atoms with Crippen LogP contribution in [-0.4, -0.2) is 25.5 Å². The topological polar surface area (TPSA) is 104 Å². The molecule has 3 N–H and O–H groups in total. The third kappa shape index (κ3) is 4.02. The van der Waals surface area contributed by atoms with Crippen LogP contribution < -0.4 is 20.5 Å². The van der Waals surface area contributed by atoms with E-state index in [4.69, 9.17) is 19.6 Å². The van der Waals surface area contributed by atoms with Crippen LogP contribution in [0, 0.1) is 0 Å². The van der Waals surface area contributed by atoms with Crippen LogP contribution in [0.2, 0.25) is 0 Å². The van der Waals surface area contributed by atoms with E-state index in [0.29, 0.717) is 11.5 Å². The van der Waals surface area contributed by atoms with Crippen molar-refractivity contribution >= 4 is 11.8 Å². The number of ether oxygens (including phenoxy) is 2. The van der Waals surface area contributed by atoms with Crippen LogP contribution >= 0.6 is 0 Å². The molecule has 2 rings (SSSR count). The van der Waals surface area contributed by atoms with Crippen LogP contribution in [0.25, 0.3) is 0 Å². The van der Waals surface area contributed by atoms with Crippen molar-refractivity contribution in [2.75, 3.05) is 13.7 Å². The largest absolute Gasteiger partial charge is 0.497 e. The average molecular weight is 304 g/mol. The van der Waals surface area contributed by atoms with E-state index < -0.39 is 5.91 Å². The predicted molar refractivity (Wildman–Crippen MR) is 77.6 cm³/mol. The normalized spacial score (nSPS) is 10.0. The maximum atomic E-state index is 11.7. The van der Waals surface area contributed by atoms with E-state index in [1.807, 2.05) is 0 Å². The Morgan fingerprint density at radius 2 is 2.14 bits per heavy atom. The van der Waals surface area contributed by atoms with Gasteiger partial charge in [0.2, 0.25) is 0 Å². The molecule has 0 bridgehead atoms. The summed E-state index contributed by atoms with van der Waals surface area (Å²) >= 11 is 0. The van der Waals surface area contributed by atoms with E-state index in [1.54, 1.807) is 18.2 Å². The number of furan rings is 1. The van der Waals surface area contributed by atoms with Gasteiger partial charge in [-0.15, -0.1) is 0 Å². The van der Waals surface area contributed by atoms with Gasteiger partial charge in [-0.2, -0.15) is 0 Å². The molecule has 0 aliphatic carbocycles. The van der Waals surface area contributed by atoms with Crippen LogP contribution in [0.3, 0.4) is 0 Å². The molecule has 1 heterocycles. The number of hydrogen-bond acceptors (Lipinski definition) is 5. The van der Waals surface area contributed by atoms with Crippen molar-refractivity contribution in [3.05, 3.63) is 47.9 Å². The van der Waals surface area contributed by atoms with Gasteiger partial charge in [0.15, 0.2) is 6.61 Å². The fourth-order valence-corrected chi connectivity index (χ4v) is 1.75. The van der Waals surface area contributed by atoms with Crippen molar-refractivity contribution in [1.29, 1.82) is 0 Å². The third-order valence-corrected chi connectivity index (χ3v) is 2.85. The highest BCUT2D eigenvalue weighted by Gasteiger charge is 2.12. The summed E-state index contributed by atoms with van der Waals surface area (Å²) in [4.78, 5) is 23.1. The first kappa shape index (κ1) is 15.4. The minimum Gasteiger partial charge on any atom is -0.497 e. The molecule has 1 aromatic carbocycles. The van der Waals surface area contributed by atoms with E-state index in [1.165, 1.54) is 25.5 Å². The van der Waals surface area contributed by atoms with Crippen LogP contribution in [0.1, 0.15) is 16.1 Å². The SMILES string of the molecule is COc1ccc(C(N)=O)c(OCC(=O)NCc2ccco2)c1. The zero-order valence-corrected chi connectivity index (χ0v) is 12.0. The number of methoxy groups -OCH3 is 1. The number of hydrogen-bond donors (Lipinski definition) is 2. The van der Waals surface area contributed by atoms with E-state index in [2.05, 4.69) is 5.32 Å². The first-order valence-electron chi connectivity index (χ1n) is 6.50. The minimum absolute atomic E-state index is 0.180. The van der Waals surface area contributed by atoms with Crippen LogP contribution in [-0.2, 0) is 11.3 Å². The minimum atomic E-state index is -0.645. The highest BCUT2D eigenvalue weighted by atomic mass is 16.5. The highest BCUT2D eigenvalue weighted by molar-refractivity contribution is 5.96. The van der Waals surface area contributed by atoms with Crippen LogP contribution in [0.15, 0.2) is 41.0 Å². The van der Waals surface area contributed by atoms with Gasteiger partial charge in [-0.3, -0.25) is 9.59 Å². The lowest BCUT2D eigenvalue weighted by molar-refractivity contribution is -0.123. The monoisotopic (exact) mass is 304 g/mol. The standard InChI is InChI=1S/C15H16N2O5/c1-20-10-4-5-12(15(16)19)13(7-10)22-9-14(18)17-8-11-3-2-6-21-11/h2-7H,8-9H2,1H3,(H2,16,19)(H,17,18). The Morgan fingerprint density at radius 1 is 1.32 bits per heavy atom. The van der Waals surface area contributed by atoms with Crippen molar-refractivity contribution in [3.8, 4) is 11.5 Å². The summed E-state index contributed by atoms with van der Waals surface area (Å²) in [6, 6.07) is 8.04. The second-order valence-corrected chi connectivity index (χ2v) is 4.37. The summed E-state index contributed by atoms with van der Waals surface area (Å²) in [6.07, 6.45) is 1.52. The van der Waals surface area contributed by atoms with E-state index in [-0.39, 0.29) is 30.4 Å². The van der Waals surface area contributed by atoms with Gasteiger partial charge < -0.3 is 24.9 Å². The summed E-state index contributed by atoms with van der Waals surface area (Å²) in [5, 5.41) is 2.63. The van der Waals surface area contributed by atoms with Crippen molar-refractivity contribution in [2.24, 2.45) is 5.73 Å². The quantitative estimate of drug-likeness (QED) is 0.796. The van der Waals surface area contributed by atoms with Crippen molar-refractivity contribution < 1.29 is 23.5 Å². The maximum Gasteiger partial charge on any atom is 0.258 e. The molecule has 116 valence electrons. The summed E-state index contributed by atoms with van der Waals surface area (Å²) in [5.74, 6) is 0.326. The molecule has 0 fully saturated rings. The average Bonchev–Trinajstić information content (AvgIpc) is 3.03. The van der Waals surface area contributed by atoms with Crippen molar-refractivity contribution in [1.82, 2.24) is 5.32 Å². The second-order valence-electron chi connectivity index (χ2n) is 4.37. The molecule has 1 aromatic heterocycles. The molecule has 0 aliphatic rings. The number of nitrogens with one attached hydrogen (secondary N) is 1. The Labute approximate surface area is 127 Å². The highest BCUT2D eigenvalue weighted by Crippen LogP contribution is 2.24. The molecule has 2 amide bonds. The van der Waals surface area contributed by atoms with Crippen LogP contribution in [0.5, 0.6) is 11.5 Å².